The number of ether oxygens (including phenoxy) is 1. The summed E-state index contributed by atoms with van der Waals surface area (Å²) in [7, 11) is 0. The van der Waals surface area contributed by atoms with Gasteiger partial charge in [-0.1, -0.05) is 29.3 Å². The molecule has 0 aliphatic rings. The minimum absolute atomic E-state index is 0.0192. The number of rotatable bonds is 6. The van der Waals surface area contributed by atoms with Gasteiger partial charge in [-0.15, -0.1) is 0 Å². The van der Waals surface area contributed by atoms with Crippen LogP contribution in [0.15, 0.2) is 36.4 Å². The second-order valence-corrected chi connectivity index (χ2v) is 6.45. The van der Waals surface area contributed by atoms with Crippen molar-refractivity contribution >= 4 is 34.8 Å². The molecular formula is C19H20ClN3O5. The Balaban J connectivity index is 2.13. The van der Waals surface area contributed by atoms with Gasteiger partial charge in [-0.2, -0.15) is 0 Å². The molecule has 8 nitrogen and oxygen atoms in total. The first kappa shape index (κ1) is 21.2. The van der Waals surface area contributed by atoms with Gasteiger partial charge in [-0.05, 0) is 32.9 Å². The SMILES string of the molecule is CCOc1ccc(C)cc1C(C)NC(=O)C(=O)Nc1cc([N+](=O)[O-])ccc1Cl. The molecule has 148 valence electrons. The summed E-state index contributed by atoms with van der Waals surface area (Å²) in [4.78, 5) is 34.7. The van der Waals surface area contributed by atoms with E-state index in [1.807, 2.05) is 26.0 Å². The van der Waals surface area contributed by atoms with Crippen LogP contribution in [-0.2, 0) is 9.59 Å². The summed E-state index contributed by atoms with van der Waals surface area (Å²) >= 11 is 5.94. The molecule has 1 unspecified atom stereocenters. The summed E-state index contributed by atoms with van der Waals surface area (Å²) in [6, 6.07) is 8.63. The summed E-state index contributed by atoms with van der Waals surface area (Å²) in [6.07, 6.45) is 0. The Kier molecular flexibility index (Phi) is 6.94. The van der Waals surface area contributed by atoms with Crippen molar-refractivity contribution < 1.29 is 19.2 Å². The number of hydrogen-bond donors (Lipinski definition) is 2. The number of aryl methyl sites for hydroxylation is 1. The highest BCUT2D eigenvalue weighted by molar-refractivity contribution is 6.41. The zero-order chi connectivity index (χ0) is 20.8. The van der Waals surface area contributed by atoms with E-state index in [4.69, 9.17) is 16.3 Å². The van der Waals surface area contributed by atoms with Gasteiger partial charge in [0.15, 0.2) is 0 Å². The molecule has 9 heteroatoms. The molecule has 0 spiro atoms. The van der Waals surface area contributed by atoms with Gasteiger partial charge in [0.2, 0.25) is 0 Å². The fraction of sp³-hybridized carbons (Fsp3) is 0.263. The third-order valence-corrected chi connectivity index (χ3v) is 4.22. The molecule has 0 aliphatic heterocycles. The molecule has 0 aromatic heterocycles. The largest absolute Gasteiger partial charge is 0.494 e. The molecule has 2 amide bonds. The summed E-state index contributed by atoms with van der Waals surface area (Å²) in [5.41, 5.74) is 1.44. The van der Waals surface area contributed by atoms with Gasteiger partial charge >= 0.3 is 11.8 Å². The predicted molar refractivity (Wildman–Crippen MR) is 106 cm³/mol. The van der Waals surface area contributed by atoms with Crippen LogP contribution in [0.2, 0.25) is 5.02 Å². The number of amides is 2. The lowest BCUT2D eigenvalue weighted by atomic mass is 10.0. The maximum atomic E-state index is 12.3. The highest BCUT2D eigenvalue weighted by Gasteiger charge is 2.21. The number of carbonyl (C=O) groups is 2. The van der Waals surface area contributed by atoms with Crippen LogP contribution in [0.3, 0.4) is 0 Å². The highest BCUT2D eigenvalue weighted by Crippen LogP contribution is 2.28. The second kappa shape index (κ2) is 9.18. The molecule has 2 N–H and O–H groups in total. The van der Waals surface area contributed by atoms with Crippen LogP contribution in [0, 0.1) is 17.0 Å². The smallest absolute Gasteiger partial charge is 0.313 e. The number of hydrogen-bond acceptors (Lipinski definition) is 5. The molecule has 1 atom stereocenters. The van der Waals surface area contributed by atoms with Crippen molar-refractivity contribution in [1.29, 1.82) is 0 Å². The number of benzene rings is 2. The number of carbonyl (C=O) groups excluding carboxylic acids is 2. The Morgan fingerprint density at radius 3 is 2.57 bits per heavy atom. The maximum Gasteiger partial charge on any atom is 0.313 e. The molecule has 0 radical (unpaired) electrons. The molecule has 0 bridgehead atoms. The summed E-state index contributed by atoms with van der Waals surface area (Å²) in [6.45, 7) is 5.94. The van der Waals surface area contributed by atoms with E-state index in [2.05, 4.69) is 10.6 Å². The van der Waals surface area contributed by atoms with Crippen molar-refractivity contribution in [2.45, 2.75) is 26.8 Å². The first-order valence-corrected chi connectivity index (χ1v) is 8.89. The molecule has 2 aromatic rings. The molecule has 2 aromatic carbocycles. The van der Waals surface area contributed by atoms with Gasteiger partial charge < -0.3 is 15.4 Å². The Hall–Kier alpha value is -3.13. The van der Waals surface area contributed by atoms with E-state index in [0.717, 1.165) is 17.2 Å². The van der Waals surface area contributed by atoms with Gasteiger partial charge in [0.25, 0.3) is 5.69 Å². The zero-order valence-electron chi connectivity index (χ0n) is 15.6. The number of anilines is 1. The third kappa shape index (κ3) is 5.20. The number of non-ortho nitro benzene ring substituents is 1. The minimum Gasteiger partial charge on any atom is -0.494 e. The number of halogens is 1. The Labute approximate surface area is 167 Å². The van der Waals surface area contributed by atoms with Crippen molar-refractivity contribution in [1.82, 2.24) is 5.32 Å². The number of nitro groups is 1. The third-order valence-electron chi connectivity index (χ3n) is 3.89. The van der Waals surface area contributed by atoms with Crippen molar-refractivity contribution in [3.05, 3.63) is 62.7 Å². The fourth-order valence-corrected chi connectivity index (χ4v) is 2.70. The van der Waals surface area contributed by atoms with Gasteiger partial charge in [0.1, 0.15) is 5.75 Å². The van der Waals surface area contributed by atoms with Crippen LogP contribution in [-0.4, -0.2) is 23.3 Å². The average Bonchev–Trinajstić information content (AvgIpc) is 2.64. The normalized spacial score (nSPS) is 11.4. The molecule has 0 heterocycles. The van der Waals surface area contributed by atoms with Crippen molar-refractivity contribution in [2.75, 3.05) is 11.9 Å². The molecule has 0 fully saturated rings. The molecular weight excluding hydrogens is 386 g/mol. The number of nitrogens with one attached hydrogen (secondary N) is 2. The summed E-state index contributed by atoms with van der Waals surface area (Å²) < 4.78 is 5.57. The van der Waals surface area contributed by atoms with Crippen molar-refractivity contribution in [2.24, 2.45) is 0 Å². The van der Waals surface area contributed by atoms with Gasteiger partial charge in [0.05, 0.1) is 28.3 Å². The highest BCUT2D eigenvalue weighted by atomic mass is 35.5. The quantitative estimate of drug-likeness (QED) is 0.431. The lowest BCUT2D eigenvalue weighted by molar-refractivity contribution is -0.384. The lowest BCUT2D eigenvalue weighted by Crippen LogP contribution is -2.37. The van der Waals surface area contributed by atoms with E-state index in [0.29, 0.717) is 12.4 Å². The molecule has 0 saturated heterocycles. The molecule has 2 rings (SSSR count). The Bertz CT molecular complexity index is 916. The van der Waals surface area contributed by atoms with E-state index >= 15 is 0 Å². The maximum absolute atomic E-state index is 12.3. The van der Waals surface area contributed by atoms with E-state index in [1.165, 1.54) is 12.1 Å². The Morgan fingerprint density at radius 1 is 1.21 bits per heavy atom. The fourth-order valence-electron chi connectivity index (χ4n) is 2.53. The first-order chi connectivity index (χ1) is 13.2. The van der Waals surface area contributed by atoms with Crippen LogP contribution in [0.25, 0.3) is 0 Å². The summed E-state index contributed by atoms with van der Waals surface area (Å²) in [5.74, 6) is -1.28. The first-order valence-electron chi connectivity index (χ1n) is 8.52. The Morgan fingerprint density at radius 2 is 1.93 bits per heavy atom. The van der Waals surface area contributed by atoms with Gasteiger partial charge in [-0.25, -0.2) is 0 Å². The van der Waals surface area contributed by atoms with E-state index in [1.54, 1.807) is 13.0 Å². The standard InChI is InChI=1S/C19H20ClN3O5/c1-4-28-17-8-5-11(2)9-14(17)12(3)21-18(24)19(25)22-16-10-13(23(26)27)6-7-15(16)20/h5-10,12H,4H2,1-3H3,(H,21,24)(H,22,25). The van der Waals surface area contributed by atoms with Crippen molar-refractivity contribution in [3.8, 4) is 5.75 Å². The lowest BCUT2D eigenvalue weighted by Gasteiger charge is -2.18. The van der Waals surface area contributed by atoms with E-state index in [-0.39, 0.29) is 16.4 Å². The monoisotopic (exact) mass is 405 g/mol. The average molecular weight is 406 g/mol. The topological polar surface area (TPSA) is 111 Å². The van der Waals surface area contributed by atoms with Crippen LogP contribution in [0.1, 0.15) is 31.0 Å². The minimum atomic E-state index is -0.986. The predicted octanol–water partition coefficient (Wildman–Crippen LogP) is 3.77. The van der Waals surface area contributed by atoms with Gasteiger partial charge in [0, 0.05) is 17.7 Å². The second-order valence-electron chi connectivity index (χ2n) is 6.04. The van der Waals surface area contributed by atoms with Crippen LogP contribution in [0.4, 0.5) is 11.4 Å². The van der Waals surface area contributed by atoms with Crippen molar-refractivity contribution in [3.63, 3.8) is 0 Å². The van der Waals surface area contributed by atoms with E-state index < -0.39 is 22.8 Å². The van der Waals surface area contributed by atoms with Crippen LogP contribution >= 0.6 is 11.6 Å². The van der Waals surface area contributed by atoms with E-state index in [9.17, 15) is 19.7 Å². The molecule has 0 saturated carbocycles. The molecule has 28 heavy (non-hydrogen) atoms. The molecule has 0 aliphatic carbocycles. The number of nitro benzene ring substituents is 1. The zero-order valence-corrected chi connectivity index (χ0v) is 16.4. The number of nitrogens with zero attached hydrogens (tertiary/aromatic N) is 1. The van der Waals surface area contributed by atoms with Gasteiger partial charge in [-0.3, -0.25) is 19.7 Å². The van der Waals surface area contributed by atoms with Crippen LogP contribution < -0.4 is 15.4 Å². The van der Waals surface area contributed by atoms with Crippen LogP contribution in [0.5, 0.6) is 5.75 Å². The summed E-state index contributed by atoms with van der Waals surface area (Å²) in [5, 5.41) is 15.8.